The van der Waals surface area contributed by atoms with Crippen LogP contribution in [0.4, 0.5) is 4.39 Å². The van der Waals surface area contributed by atoms with Gasteiger partial charge < -0.3 is 10.2 Å². The van der Waals surface area contributed by atoms with Gasteiger partial charge in [-0.15, -0.1) is 0 Å². The van der Waals surface area contributed by atoms with Crippen molar-refractivity contribution in [3.8, 4) is 0 Å². The van der Waals surface area contributed by atoms with Crippen molar-refractivity contribution in [3.05, 3.63) is 11.4 Å². The number of carbonyl (C=O) groups excluding carboxylic acids is 1. The number of piperidine rings is 2. The number of rotatable bonds is 8. The molecule has 4 unspecified atom stereocenters. The van der Waals surface area contributed by atoms with Crippen molar-refractivity contribution in [2.24, 2.45) is 28.1 Å². The highest BCUT2D eigenvalue weighted by molar-refractivity contribution is 5.94. The van der Waals surface area contributed by atoms with Crippen molar-refractivity contribution in [3.63, 3.8) is 0 Å². The average molecular weight is 629 g/mol. The third-order valence-corrected chi connectivity index (χ3v) is 12.9. The minimum absolute atomic E-state index is 0.0852. The Morgan fingerprint density at radius 2 is 1.51 bits per heavy atom. The number of halogens is 1. The number of amides is 1. The van der Waals surface area contributed by atoms with Gasteiger partial charge in [0.05, 0.1) is 0 Å². The summed E-state index contributed by atoms with van der Waals surface area (Å²) < 4.78 is 14.1. The molecule has 1 N–H and O–H groups in total. The molecule has 45 heavy (non-hydrogen) atoms. The van der Waals surface area contributed by atoms with E-state index in [0.717, 1.165) is 24.8 Å². The molecule has 0 aromatic carbocycles. The third-order valence-electron chi connectivity index (χ3n) is 12.9. The van der Waals surface area contributed by atoms with Gasteiger partial charge in [-0.3, -0.25) is 14.6 Å². The molecule has 3 heterocycles. The monoisotopic (exact) mass is 629 g/mol. The lowest BCUT2D eigenvalue weighted by atomic mass is 9.79. The van der Waals surface area contributed by atoms with Gasteiger partial charge in [0.1, 0.15) is 5.83 Å². The predicted molar refractivity (Wildman–Crippen MR) is 186 cm³/mol. The Bertz CT molecular complexity index is 1120. The molecule has 5 aliphatic rings. The smallest absolute Gasteiger partial charge is 0.249 e. The summed E-state index contributed by atoms with van der Waals surface area (Å²) in [6.07, 6.45) is 9.43. The Kier molecular flexibility index (Phi) is 9.55. The Balaban J connectivity index is 1.17. The molecule has 3 aliphatic heterocycles. The molecule has 0 radical (unpaired) electrons. The highest BCUT2D eigenvalue weighted by atomic mass is 19.1. The Labute approximate surface area is 276 Å². The zero-order valence-electron chi connectivity index (χ0n) is 31.3. The molecular weight excluding hydrogens is 559 g/mol. The van der Waals surface area contributed by atoms with Crippen LogP contribution in [-0.4, -0.2) is 82.0 Å². The number of allylic oxidation sites excluding steroid dienone is 1. The summed E-state index contributed by atoms with van der Waals surface area (Å²) in [4.78, 5) is 21.3. The molecule has 5 nitrogen and oxygen atoms in total. The lowest BCUT2D eigenvalue weighted by molar-refractivity contribution is -0.117. The predicted octanol–water partition coefficient (Wildman–Crippen LogP) is 8.19. The lowest BCUT2D eigenvalue weighted by Crippen LogP contribution is -2.55. The van der Waals surface area contributed by atoms with Gasteiger partial charge in [-0.1, -0.05) is 41.5 Å². The number of likely N-dealkylation sites (tertiary alicyclic amines) is 3. The number of hydrogen-bond acceptors (Lipinski definition) is 4. The highest BCUT2D eigenvalue weighted by Crippen LogP contribution is 2.64. The molecule has 3 saturated heterocycles. The van der Waals surface area contributed by atoms with E-state index in [-0.39, 0.29) is 28.2 Å². The zero-order valence-corrected chi connectivity index (χ0v) is 31.3. The van der Waals surface area contributed by atoms with Crippen molar-refractivity contribution < 1.29 is 9.18 Å². The van der Waals surface area contributed by atoms with Crippen molar-refractivity contribution in [2.45, 2.75) is 176 Å². The summed E-state index contributed by atoms with van der Waals surface area (Å²) >= 11 is 0. The van der Waals surface area contributed by atoms with Crippen LogP contribution in [0.5, 0.6) is 0 Å². The minimum atomic E-state index is -0.200. The molecule has 0 aromatic heterocycles. The van der Waals surface area contributed by atoms with E-state index in [1.54, 1.807) is 0 Å². The van der Waals surface area contributed by atoms with Crippen molar-refractivity contribution in [1.82, 2.24) is 20.0 Å². The fraction of sp³-hybridized carbons (Fsp3) is 0.923. The second-order valence-corrected chi connectivity index (χ2v) is 20.0. The quantitative estimate of drug-likeness (QED) is 0.294. The molecule has 258 valence electrons. The molecule has 0 aromatic rings. The van der Waals surface area contributed by atoms with Crippen molar-refractivity contribution >= 4 is 5.91 Å². The highest BCUT2D eigenvalue weighted by Gasteiger charge is 2.67. The molecule has 6 heteroatoms. The topological polar surface area (TPSA) is 38.8 Å². The number of nitrogens with one attached hydrogen (secondary N) is 1. The maximum absolute atomic E-state index is 14.1. The molecule has 0 spiro atoms. The molecule has 4 fully saturated rings. The van der Waals surface area contributed by atoms with Gasteiger partial charge in [0.2, 0.25) is 5.91 Å². The van der Waals surface area contributed by atoms with Crippen molar-refractivity contribution in [1.29, 1.82) is 0 Å². The normalized spacial score (nSPS) is 34.6. The first-order chi connectivity index (χ1) is 20.6. The Morgan fingerprint density at radius 3 is 2.02 bits per heavy atom. The van der Waals surface area contributed by atoms with Gasteiger partial charge in [0.25, 0.3) is 0 Å². The maximum atomic E-state index is 14.1. The fourth-order valence-corrected chi connectivity index (χ4v) is 10.5. The van der Waals surface area contributed by atoms with Gasteiger partial charge >= 0.3 is 0 Å². The SMILES string of the molecule is C[C@@H]1[C@@H](CNC(=O)C2=C(F)CCC2)CC(C(C)(C)C)N1C(C)(C)CC1CCN(CC23CC(C(C)(C)C)N(C(C)(C)C)C2C3)CC1. The second-order valence-electron chi connectivity index (χ2n) is 20.0. The summed E-state index contributed by atoms with van der Waals surface area (Å²) in [7, 11) is 0. The Hall–Kier alpha value is -0.980. The summed E-state index contributed by atoms with van der Waals surface area (Å²) in [6, 6.07) is 2.27. The van der Waals surface area contributed by atoms with E-state index in [9.17, 15) is 9.18 Å². The lowest BCUT2D eigenvalue weighted by Gasteiger charge is -2.49. The summed E-state index contributed by atoms with van der Waals surface area (Å²) in [5, 5.41) is 3.14. The van der Waals surface area contributed by atoms with Crippen LogP contribution < -0.4 is 5.32 Å². The van der Waals surface area contributed by atoms with E-state index in [0.29, 0.717) is 59.8 Å². The molecule has 0 bridgehead atoms. The van der Waals surface area contributed by atoms with Crippen LogP contribution in [0.25, 0.3) is 0 Å². The van der Waals surface area contributed by atoms with Gasteiger partial charge in [-0.25, -0.2) is 4.39 Å². The second kappa shape index (κ2) is 12.2. The molecule has 6 atom stereocenters. The van der Waals surface area contributed by atoms with Crippen LogP contribution in [0, 0.1) is 28.1 Å². The molecular formula is C39H69FN4O. The van der Waals surface area contributed by atoms with Gasteiger partial charge in [-0.2, -0.15) is 0 Å². The summed E-state index contributed by atoms with van der Waals surface area (Å²) in [5.74, 6) is 0.758. The zero-order chi connectivity index (χ0) is 33.3. The van der Waals surface area contributed by atoms with Crippen LogP contribution >= 0.6 is 0 Å². The van der Waals surface area contributed by atoms with Gasteiger partial charge in [-0.05, 0) is 135 Å². The first-order valence-electron chi connectivity index (χ1n) is 18.6. The van der Waals surface area contributed by atoms with Gasteiger partial charge in [0.15, 0.2) is 0 Å². The molecule has 1 amide bonds. The number of carbonyl (C=O) groups is 1. The first kappa shape index (κ1) is 35.3. The molecule has 5 rings (SSSR count). The van der Waals surface area contributed by atoms with E-state index in [2.05, 4.69) is 103 Å². The Morgan fingerprint density at radius 1 is 0.889 bits per heavy atom. The van der Waals surface area contributed by atoms with E-state index in [1.807, 2.05) is 0 Å². The fourth-order valence-electron chi connectivity index (χ4n) is 10.5. The van der Waals surface area contributed by atoms with E-state index >= 15 is 0 Å². The van der Waals surface area contributed by atoms with Gasteiger partial charge in [0, 0.05) is 59.3 Å². The van der Waals surface area contributed by atoms with Crippen LogP contribution in [0.15, 0.2) is 11.4 Å². The van der Waals surface area contributed by atoms with E-state index in [4.69, 9.17) is 0 Å². The average Bonchev–Trinajstić information content (AvgIpc) is 3.20. The maximum Gasteiger partial charge on any atom is 0.249 e. The van der Waals surface area contributed by atoms with Crippen LogP contribution in [0.3, 0.4) is 0 Å². The van der Waals surface area contributed by atoms with E-state index in [1.165, 1.54) is 51.7 Å². The standard InChI is InChI=1S/C39H69FN4O/c1-26-28(24-41-34(45)29-14-13-15-30(29)40)20-31(35(2,3)4)43(26)38(11,12)21-27-16-18-42(19-17-27)25-39-22-32(36(5,6)7)44(33(39)23-39)37(8,9)10/h26-28,31-33H,13-25H2,1-12H3,(H,41,45)/t26-,28-,31?,32?,33?,39?/m1/s1. The first-order valence-corrected chi connectivity index (χ1v) is 18.6. The number of fused-ring (bicyclic) bond motifs is 1. The van der Waals surface area contributed by atoms with E-state index < -0.39 is 0 Å². The number of hydrogen-bond donors (Lipinski definition) is 1. The molecule has 2 aliphatic carbocycles. The molecule has 1 saturated carbocycles. The summed E-state index contributed by atoms with van der Waals surface area (Å²) in [6.45, 7) is 33.5. The van der Waals surface area contributed by atoms with Crippen LogP contribution in [0.1, 0.15) is 141 Å². The third kappa shape index (κ3) is 7.24. The van der Waals surface area contributed by atoms with Crippen LogP contribution in [0.2, 0.25) is 0 Å². The van der Waals surface area contributed by atoms with Crippen LogP contribution in [-0.2, 0) is 4.79 Å². The number of nitrogens with zero attached hydrogens (tertiary/aromatic N) is 3. The van der Waals surface area contributed by atoms with Crippen molar-refractivity contribution in [2.75, 3.05) is 26.2 Å². The summed E-state index contributed by atoms with van der Waals surface area (Å²) in [5.41, 5.74) is 1.68. The minimum Gasteiger partial charge on any atom is -0.352 e. The largest absolute Gasteiger partial charge is 0.352 e.